The Bertz CT molecular complexity index is 464. The van der Waals surface area contributed by atoms with Gasteiger partial charge in [0.05, 0.1) is 10.4 Å². The second-order valence-corrected chi connectivity index (χ2v) is 5.91. The molecule has 0 saturated carbocycles. The van der Waals surface area contributed by atoms with Crippen LogP contribution in [0.3, 0.4) is 0 Å². The summed E-state index contributed by atoms with van der Waals surface area (Å²) in [7, 11) is 0. The van der Waals surface area contributed by atoms with Gasteiger partial charge in [0.1, 0.15) is 0 Å². The van der Waals surface area contributed by atoms with E-state index < -0.39 is 0 Å². The Balaban J connectivity index is 2.68. The molecule has 0 fully saturated rings. The van der Waals surface area contributed by atoms with Gasteiger partial charge in [0.15, 0.2) is 0 Å². The minimum absolute atomic E-state index is 0.106. The Morgan fingerprint density at radius 1 is 1.36 bits per heavy atom. The Morgan fingerprint density at radius 2 is 2.14 bits per heavy atom. The third-order valence-corrected chi connectivity index (χ3v) is 4.63. The van der Waals surface area contributed by atoms with Gasteiger partial charge in [0, 0.05) is 10.0 Å². The van der Waals surface area contributed by atoms with E-state index >= 15 is 0 Å². The van der Waals surface area contributed by atoms with Crippen molar-refractivity contribution in [2.24, 2.45) is 0 Å². The van der Waals surface area contributed by atoms with Crippen molar-refractivity contribution >= 4 is 53.3 Å². The predicted molar refractivity (Wildman–Crippen MR) is 68.1 cm³/mol. The minimum atomic E-state index is 0.106. The molecule has 0 aliphatic rings. The smallest absolute Gasteiger partial charge is 0.0751 e. The maximum Gasteiger partial charge on any atom is 0.0751 e. The highest BCUT2D eigenvalue weighted by Crippen LogP contribution is 2.37. The first-order chi connectivity index (χ1) is 6.76. The van der Waals surface area contributed by atoms with Crippen molar-refractivity contribution in [3.63, 3.8) is 0 Å². The first kappa shape index (κ1) is 10.6. The van der Waals surface area contributed by atoms with E-state index in [-0.39, 0.29) is 6.61 Å². The van der Waals surface area contributed by atoms with Crippen LogP contribution in [0.2, 0.25) is 0 Å². The summed E-state index contributed by atoms with van der Waals surface area (Å²) < 4.78 is 2.39. The van der Waals surface area contributed by atoms with Crippen LogP contribution in [0, 0.1) is 0 Å². The molecule has 1 N–H and O–H groups in total. The molecule has 14 heavy (non-hydrogen) atoms. The fourth-order valence-corrected chi connectivity index (χ4v) is 4.42. The van der Waals surface area contributed by atoms with Crippen LogP contribution in [0.1, 0.15) is 11.1 Å². The quantitative estimate of drug-likeness (QED) is 0.821. The van der Waals surface area contributed by atoms with Crippen LogP contribution in [-0.4, -0.2) is 5.11 Å². The standard InChI is InChI=1S/C10H8Br2OS/c11-4-8-7-2-1-6(5-13)3-9(7)14-10(8)12/h1-3,13H,4-5H2. The maximum atomic E-state index is 9.01. The molecule has 2 rings (SSSR count). The average Bonchev–Trinajstić information content (AvgIpc) is 2.51. The first-order valence-corrected chi connectivity index (χ1v) is 6.86. The van der Waals surface area contributed by atoms with Crippen molar-refractivity contribution in [3.05, 3.63) is 33.1 Å². The minimum Gasteiger partial charge on any atom is -0.392 e. The van der Waals surface area contributed by atoms with E-state index in [4.69, 9.17) is 5.11 Å². The molecule has 2 aromatic rings. The summed E-state index contributed by atoms with van der Waals surface area (Å²) in [6.07, 6.45) is 0. The number of hydrogen-bond donors (Lipinski definition) is 1. The molecule has 0 amide bonds. The number of fused-ring (bicyclic) bond motifs is 1. The van der Waals surface area contributed by atoms with Crippen LogP contribution < -0.4 is 0 Å². The van der Waals surface area contributed by atoms with E-state index in [0.29, 0.717) is 0 Å². The molecule has 74 valence electrons. The number of rotatable bonds is 2. The Hall–Kier alpha value is 0.1000. The van der Waals surface area contributed by atoms with E-state index in [9.17, 15) is 0 Å². The normalized spacial score (nSPS) is 11.1. The van der Waals surface area contributed by atoms with Crippen molar-refractivity contribution in [3.8, 4) is 0 Å². The summed E-state index contributed by atoms with van der Waals surface area (Å²) >= 11 is 8.72. The summed E-state index contributed by atoms with van der Waals surface area (Å²) in [4.78, 5) is 0. The summed E-state index contributed by atoms with van der Waals surface area (Å²) in [5, 5.41) is 11.1. The van der Waals surface area contributed by atoms with Crippen molar-refractivity contribution < 1.29 is 5.11 Å². The van der Waals surface area contributed by atoms with Crippen molar-refractivity contribution in [1.29, 1.82) is 0 Å². The Morgan fingerprint density at radius 3 is 2.79 bits per heavy atom. The molecule has 0 aliphatic heterocycles. The largest absolute Gasteiger partial charge is 0.392 e. The van der Waals surface area contributed by atoms with E-state index in [1.807, 2.05) is 12.1 Å². The lowest BCUT2D eigenvalue weighted by atomic mass is 10.1. The highest BCUT2D eigenvalue weighted by atomic mass is 79.9. The van der Waals surface area contributed by atoms with Gasteiger partial charge in [0.25, 0.3) is 0 Å². The second kappa shape index (κ2) is 4.31. The number of aliphatic hydroxyl groups excluding tert-OH is 1. The van der Waals surface area contributed by atoms with E-state index in [1.54, 1.807) is 11.3 Å². The average molecular weight is 336 g/mol. The van der Waals surface area contributed by atoms with Crippen LogP contribution >= 0.6 is 43.2 Å². The van der Waals surface area contributed by atoms with Gasteiger partial charge in [-0.15, -0.1) is 11.3 Å². The van der Waals surface area contributed by atoms with Gasteiger partial charge >= 0.3 is 0 Å². The lowest BCUT2D eigenvalue weighted by Crippen LogP contribution is -1.81. The predicted octanol–water partition coefficient (Wildman–Crippen LogP) is 4.05. The van der Waals surface area contributed by atoms with Gasteiger partial charge in [-0.2, -0.15) is 0 Å². The van der Waals surface area contributed by atoms with E-state index in [0.717, 1.165) is 10.9 Å². The third-order valence-electron chi connectivity index (χ3n) is 2.12. The zero-order chi connectivity index (χ0) is 10.1. The van der Waals surface area contributed by atoms with Crippen LogP contribution in [0.25, 0.3) is 10.1 Å². The van der Waals surface area contributed by atoms with Gasteiger partial charge < -0.3 is 5.11 Å². The van der Waals surface area contributed by atoms with Crippen molar-refractivity contribution in [1.82, 2.24) is 0 Å². The first-order valence-electron chi connectivity index (χ1n) is 4.13. The topological polar surface area (TPSA) is 20.2 Å². The Kier molecular flexibility index (Phi) is 3.27. The van der Waals surface area contributed by atoms with Crippen LogP contribution in [0.5, 0.6) is 0 Å². The van der Waals surface area contributed by atoms with E-state index in [2.05, 4.69) is 37.9 Å². The molecule has 1 nitrogen and oxygen atoms in total. The molecular weight excluding hydrogens is 328 g/mol. The number of benzene rings is 1. The summed E-state index contributed by atoms with van der Waals surface area (Å²) in [5.41, 5.74) is 2.25. The molecule has 4 heteroatoms. The maximum absolute atomic E-state index is 9.01. The summed E-state index contributed by atoms with van der Waals surface area (Å²) in [5.74, 6) is 0. The van der Waals surface area contributed by atoms with Crippen LogP contribution in [0.15, 0.2) is 22.0 Å². The lowest BCUT2D eigenvalue weighted by Gasteiger charge is -1.97. The number of halogens is 2. The fraction of sp³-hybridized carbons (Fsp3) is 0.200. The molecule has 1 aromatic heterocycles. The SMILES string of the molecule is OCc1ccc2c(CBr)c(Br)sc2c1. The van der Waals surface area contributed by atoms with Crippen LogP contribution in [-0.2, 0) is 11.9 Å². The molecule has 0 radical (unpaired) electrons. The monoisotopic (exact) mass is 334 g/mol. The van der Waals surface area contributed by atoms with Gasteiger partial charge in [0.2, 0.25) is 0 Å². The molecule has 1 aromatic carbocycles. The van der Waals surface area contributed by atoms with Gasteiger partial charge in [-0.1, -0.05) is 28.1 Å². The highest BCUT2D eigenvalue weighted by molar-refractivity contribution is 9.11. The van der Waals surface area contributed by atoms with Gasteiger partial charge in [-0.25, -0.2) is 0 Å². The van der Waals surface area contributed by atoms with E-state index in [1.165, 1.54) is 19.4 Å². The second-order valence-electron chi connectivity index (χ2n) is 2.98. The molecule has 0 spiro atoms. The Labute approximate surface area is 103 Å². The zero-order valence-corrected chi connectivity index (χ0v) is 11.2. The fourth-order valence-electron chi connectivity index (χ4n) is 1.39. The zero-order valence-electron chi connectivity index (χ0n) is 7.26. The molecule has 0 aliphatic carbocycles. The van der Waals surface area contributed by atoms with Crippen molar-refractivity contribution in [2.75, 3.05) is 0 Å². The molecule has 1 heterocycles. The van der Waals surface area contributed by atoms with Gasteiger partial charge in [-0.05, 0) is 38.5 Å². The molecule has 0 bridgehead atoms. The molecule has 0 saturated heterocycles. The number of hydrogen-bond acceptors (Lipinski definition) is 2. The molecule has 0 unspecified atom stereocenters. The number of aliphatic hydroxyl groups is 1. The highest BCUT2D eigenvalue weighted by Gasteiger charge is 2.08. The van der Waals surface area contributed by atoms with Crippen LogP contribution in [0.4, 0.5) is 0 Å². The lowest BCUT2D eigenvalue weighted by molar-refractivity contribution is 0.282. The third kappa shape index (κ3) is 1.76. The summed E-state index contributed by atoms with van der Waals surface area (Å²) in [6, 6.07) is 6.07. The number of thiophene rings is 1. The number of alkyl halides is 1. The van der Waals surface area contributed by atoms with Crippen molar-refractivity contribution in [2.45, 2.75) is 11.9 Å². The molecular formula is C10H8Br2OS. The summed E-state index contributed by atoms with van der Waals surface area (Å²) in [6.45, 7) is 0.106. The van der Waals surface area contributed by atoms with Gasteiger partial charge in [-0.3, -0.25) is 0 Å². The molecule has 0 atom stereocenters.